The minimum absolute atomic E-state index is 0.0449. The van der Waals surface area contributed by atoms with Crippen LogP contribution in [0, 0.1) is 11.3 Å². The molecule has 0 radical (unpaired) electrons. The predicted molar refractivity (Wildman–Crippen MR) is 54.3 cm³/mol. The number of ether oxygens (including phenoxy) is 1. The largest absolute Gasteiger partial charge is 0.468 e. The molecule has 1 heterocycles. The number of hydrogen-bond donors (Lipinski definition) is 1. The molecule has 1 aliphatic heterocycles. The van der Waals surface area contributed by atoms with Crippen molar-refractivity contribution in [3.63, 3.8) is 0 Å². The van der Waals surface area contributed by atoms with E-state index in [9.17, 15) is 18.0 Å². The Kier molecular flexibility index (Phi) is 3.10. The van der Waals surface area contributed by atoms with Crippen LogP contribution < -0.4 is 5.32 Å². The first-order chi connectivity index (χ1) is 7.89. The molecule has 1 saturated heterocycles. The van der Waals surface area contributed by atoms with Crippen LogP contribution >= 0.6 is 0 Å². The lowest BCUT2D eigenvalue weighted by atomic mass is 9.61. The van der Waals surface area contributed by atoms with E-state index in [0.29, 0.717) is 19.4 Å². The Morgan fingerprint density at radius 2 is 2.18 bits per heavy atom. The summed E-state index contributed by atoms with van der Waals surface area (Å²) in [6.45, 7) is 0.485. The van der Waals surface area contributed by atoms with Crippen molar-refractivity contribution in [1.82, 2.24) is 5.32 Å². The number of alkyl halides is 3. The molecule has 17 heavy (non-hydrogen) atoms. The molecule has 98 valence electrons. The third-order valence-electron chi connectivity index (χ3n) is 4.05. The molecule has 2 fully saturated rings. The number of methoxy groups -OCH3 is 1. The third kappa shape index (κ3) is 2.14. The normalized spacial score (nSPS) is 37.6. The molecule has 3 nitrogen and oxygen atoms in total. The molecule has 0 aromatic carbocycles. The molecule has 1 aliphatic carbocycles. The van der Waals surface area contributed by atoms with E-state index in [-0.39, 0.29) is 12.8 Å². The van der Waals surface area contributed by atoms with Crippen molar-refractivity contribution in [3.8, 4) is 0 Å². The van der Waals surface area contributed by atoms with E-state index < -0.39 is 29.5 Å². The van der Waals surface area contributed by atoms with Crippen molar-refractivity contribution < 1.29 is 22.7 Å². The molecule has 1 spiro atoms. The molecule has 3 atom stereocenters. The number of esters is 1. The van der Waals surface area contributed by atoms with E-state index in [2.05, 4.69) is 10.1 Å². The van der Waals surface area contributed by atoms with Crippen LogP contribution in [0.1, 0.15) is 25.7 Å². The van der Waals surface area contributed by atoms with Crippen LogP contribution in [0.25, 0.3) is 0 Å². The van der Waals surface area contributed by atoms with Gasteiger partial charge in [-0.2, -0.15) is 13.2 Å². The molecular weight excluding hydrogens is 235 g/mol. The highest BCUT2D eigenvalue weighted by Crippen LogP contribution is 2.50. The van der Waals surface area contributed by atoms with Crippen LogP contribution in [0.15, 0.2) is 0 Å². The molecule has 2 rings (SSSR count). The van der Waals surface area contributed by atoms with Gasteiger partial charge in [0.2, 0.25) is 0 Å². The fraction of sp³-hybridized carbons (Fsp3) is 0.909. The van der Waals surface area contributed by atoms with Crippen LogP contribution in [0.3, 0.4) is 0 Å². The van der Waals surface area contributed by atoms with E-state index >= 15 is 0 Å². The van der Waals surface area contributed by atoms with Crippen LogP contribution in [-0.2, 0) is 9.53 Å². The summed E-state index contributed by atoms with van der Waals surface area (Å²) >= 11 is 0. The first-order valence-corrected chi connectivity index (χ1v) is 5.77. The third-order valence-corrected chi connectivity index (χ3v) is 4.05. The van der Waals surface area contributed by atoms with Crippen molar-refractivity contribution in [1.29, 1.82) is 0 Å². The van der Waals surface area contributed by atoms with Crippen molar-refractivity contribution >= 4 is 5.97 Å². The van der Waals surface area contributed by atoms with Gasteiger partial charge in [0.25, 0.3) is 0 Å². The highest BCUT2D eigenvalue weighted by molar-refractivity contribution is 5.78. The molecule has 0 aromatic heterocycles. The molecule has 2 aliphatic rings. The molecule has 0 aromatic rings. The van der Waals surface area contributed by atoms with E-state index in [0.717, 1.165) is 0 Å². The van der Waals surface area contributed by atoms with Gasteiger partial charge in [0.15, 0.2) is 0 Å². The first-order valence-electron chi connectivity index (χ1n) is 5.77. The van der Waals surface area contributed by atoms with Gasteiger partial charge in [-0.1, -0.05) is 6.42 Å². The average molecular weight is 251 g/mol. The number of rotatable bonds is 1. The second-order valence-corrected chi connectivity index (χ2v) is 5.03. The van der Waals surface area contributed by atoms with Gasteiger partial charge in [-0.05, 0) is 19.3 Å². The van der Waals surface area contributed by atoms with E-state index in [1.54, 1.807) is 0 Å². The van der Waals surface area contributed by atoms with E-state index in [1.807, 2.05) is 0 Å². The fourth-order valence-corrected chi connectivity index (χ4v) is 3.04. The van der Waals surface area contributed by atoms with Gasteiger partial charge in [0.1, 0.15) is 6.04 Å². The number of carbonyl (C=O) groups is 1. The monoisotopic (exact) mass is 251 g/mol. The Morgan fingerprint density at radius 1 is 1.47 bits per heavy atom. The van der Waals surface area contributed by atoms with Crippen molar-refractivity contribution in [2.24, 2.45) is 11.3 Å². The van der Waals surface area contributed by atoms with E-state index in [4.69, 9.17) is 0 Å². The first kappa shape index (κ1) is 12.7. The summed E-state index contributed by atoms with van der Waals surface area (Å²) in [6, 6.07) is -0.558. The summed E-state index contributed by atoms with van der Waals surface area (Å²) in [5.74, 6) is -1.72. The Balaban J connectivity index is 2.09. The Labute approximate surface area is 97.7 Å². The van der Waals surface area contributed by atoms with Crippen molar-refractivity contribution in [3.05, 3.63) is 0 Å². The summed E-state index contributed by atoms with van der Waals surface area (Å²) in [5.41, 5.74) is -0.536. The van der Waals surface area contributed by atoms with Crippen LogP contribution in [0.2, 0.25) is 0 Å². The molecule has 0 bridgehead atoms. The maximum Gasteiger partial charge on any atom is 0.391 e. The van der Waals surface area contributed by atoms with Gasteiger partial charge in [-0.15, -0.1) is 0 Å². The number of nitrogens with one attached hydrogen (secondary N) is 1. The second kappa shape index (κ2) is 4.15. The Morgan fingerprint density at radius 3 is 2.65 bits per heavy atom. The van der Waals surface area contributed by atoms with Crippen LogP contribution in [0.4, 0.5) is 13.2 Å². The minimum Gasteiger partial charge on any atom is -0.468 e. The van der Waals surface area contributed by atoms with Gasteiger partial charge in [-0.25, -0.2) is 0 Å². The Bertz CT molecular complexity index is 318. The zero-order valence-corrected chi connectivity index (χ0v) is 9.64. The molecule has 0 unspecified atom stereocenters. The second-order valence-electron chi connectivity index (χ2n) is 5.03. The lowest BCUT2D eigenvalue weighted by Crippen LogP contribution is -2.67. The molecule has 6 heteroatoms. The maximum atomic E-state index is 12.7. The summed E-state index contributed by atoms with van der Waals surface area (Å²) in [6.07, 6.45) is -2.72. The SMILES string of the molecule is COC(=O)[C@@H]1NC[C@]12CCC[C@H](C(F)(F)F)C2. The number of hydrogen-bond acceptors (Lipinski definition) is 3. The number of halogens is 3. The lowest BCUT2D eigenvalue weighted by molar-refractivity contribution is -0.202. The molecule has 1 N–H and O–H groups in total. The molecular formula is C11H16F3NO2. The minimum atomic E-state index is -4.15. The van der Waals surface area contributed by atoms with E-state index in [1.165, 1.54) is 7.11 Å². The summed E-state index contributed by atoms with van der Waals surface area (Å²) in [5, 5.41) is 2.89. The molecule has 0 amide bonds. The molecule has 1 saturated carbocycles. The standard InChI is InChI=1S/C11H16F3NO2/c1-17-9(16)8-10(6-15-8)4-2-3-7(5-10)11(12,13)14/h7-8,15H,2-6H2,1H3/t7-,8-,10+/m0/s1. The zero-order chi connectivity index (χ0) is 12.7. The number of carbonyl (C=O) groups excluding carboxylic acids is 1. The van der Waals surface area contributed by atoms with Crippen molar-refractivity contribution in [2.75, 3.05) is 13.7 Å². The van der Waals surface area contributed by atoms with Crippen LogP contribution in [-0.4, -0.2) is 31.8 Å². The summed E-state index contributed by atoms with van der Waals surface area (Å²) in [4.78, 5) is 11.5. The van der Waals surface area contributed by atoms with Gasteiger partial charge in [0, 0.05) is 12.0 Å². The van der Waals surface area contributed by atoms with Gasteiger partial charge < -0.3 is 10.1 Å². The Hall–Kier alpha value is -0.780. The maximum absolute atomic E-state index is 12.7. The van der Waals surface area contributed by atoms with Crippen LogP contribution in [0.5, 0.6) is 0 Å². The highest BCUT2D eigenvalue weighted by atomic mass is 19.4. The zero-order valence-electron chi connectivity index (χ0n) is 9.64. The lowest BCUT2D eigenvalue weighted by Gasteiger charge is -2.53. The van der Waals surface area contributed by atoms with Gasteiger partial charge in [0.05, 0.1) is 13.0 Å². The smallest absolute Gasteiger partial charge is 0.391 e. The van der Waals surface area contributed by atoms with Gasteiger partial charge >= 0.3 is 12.1 Å². The van der Waals surface area contributed by atoms with Crippen molar-refractivity contribution in [2.45, 2.75) is 37.9 Å². The fourth-order valence-electron chi connectivity index (χ4n) is 3.04. The predicted octanol–water partition coefficient (Wildman–Crippen LogP) is 1.87. The topological polar surface area (TPSA) is 38.3 Å². The van der Waals surface area contributed by atoms with Gasteiger partial charge in [-0.3, -0.25) is 4.79 Å². The highest BCUT2D eigenvalue weighted by Gasteiger charge is 2.57. The quantitative estimate of drug-likeness (QED) is 0.723. The summed E-state index contributed by atoms with van der Waals surface area (Å²) in [7, 11) is 1.26. The summed E-state index contributed by atoms with van der Waals surface area (Å²) < 4.78 is 42.8. The average Bonchev–Trinajstić information content (AvgIpc) is 2.26.